The van der Waals surface area contributed by atoms with E-state index in [2.05, 4.69) is 15.6 Å². The van der Waals surface area contributed by atoms with Gasteiger partial charge in [-0.1, -0.05) is 18.1 Å². The van der Waals surface area contributed by atoms with Gasteiger partial charge in [0.25, 0.3) is 0 Å². The summed E-state index contributed by atoms with van der Waals surface area (Å²) in [6, 6.07) is 11.0. The van der Waals surface area contributed by atoms with Crippen LogP contribution >= 0.6 is 0 Å². The molecule has 1 aromatic heterocycles. The van der Waals surface area contributed by atoms with E-state index in [0.29, 0.717) is 0 Å². The Kier molecular flexibility index (Phi) is 3.40. The van der Waals surface area contributed by atoms with Crippen LogP contribution in [0.15, 0.2) is 42.6 Å². The molecule has 0 fully saturated rings. The number of rotatable bonds is 2. The summed E-state index contributed by atoms with van der Waals surface area (Å²) in [4.78, 5) is 15.3. The van der Waals surface area contributed by atoms with Gasteiger partial charge in [-0.3, -0.25) is 0 Å². The van der Waals surface area contributed by atoms with Crippen LogP contribution in [0.3, 0.4) is 0 Å². The smallest absolute Gasteiger partial charge is 0.356 e. The summed E-state index contributed by atoms with van der Waals surface area (Å²) in [5, 5.41) is 0. The van der Waals surface area contributed by atoms with Crippen LogP contribution in [-0.4, -0.2) is 18.1 Å². The first kappa shape index (κ1) is 11.9. The highest BCUT2D eigenvalue weighted by atomic mass is 16.5. The SMILES string of the molecule is C#Cc1ccc(-c2ccnc(C(=O)OC)c2)cc1. The van der Waals surface area contributed by atoms with Crippen LogP contribution in [0.4, 0.5) is 0 Å². The number of hydrogen-bond donors (Lipinski definition) is 0. The van der Waals surface area contributed by atoms with Gasteiger partial charge in [0.15, 0.2) is 0 Å². The molecule has 1 aromatic carbocycles. The largest absolute Gasteiger partial charge is 0.464 e. The van der Waals surface area contributed by atoms with E-state index in [1.165, 1.54) is 7.11 Å². The lowest BCUT2D eigenvalue weighted by molar-refractivity contribution is 0.0594. The summed E-state index contributed by atoms with van der Waals surface area (Å²) in [7, 11) is 1.33. The van der Waals surface area contributed by atoms with Crippen molar-refractivity contribution < 1.29 is 9.53 Å². The molecule has 3 nitrogen and oxygen atoms in total. The third-order valence-electron chi connectivity index (χ3n) is 2.54. The fraction of sp³-hybridized carbons (Fsp3) is 0.0667. The number of ether oxygens (including phenoxy) is 1. The highest BCUT2D eigenvalue weighted by Gasteiger charge is 2.08. The molecular formula is C15H11NO2. The van der Waals surface area contributed by atoms with Crippen molar-refractivity contribution in [2.75, 3.05) is 7.11 Å². The predicted molar refractivity (Wildman–Crippen MR) is 68.9 cm³/mol. The molecule has 88 valence electrons. The molecular weight excluding hydrogens is 226 g/mol. The number of carbonyl (C=O) groups is 1. The van der Waals surface area contributed by atoms with Crippen LogP contribution < -0.4 is 0 Å². The molecule has 0 bridgehead atoms. The molecule has 2 aromatic rings. The van der Waals surface area contributed by atoms with E-state index >= 15 is 0 Å². The maximum atomic E-state index is 11.4. The molecule has 0 N–H and O–H groups in total. The summed E-state index contributed by atoms with van der Waals surface area (Å²) in [5.74, 6) is 2.11. The van der Waals surface area contributed by atoms with Crippen molar-refractivity contribution in [2.45, 2.75) is 0 Å². The van der Waals surface area contributed by atoms with E-state index in [1.54, 1.807) is 12.3 Å². The minimum atomic E-state index is -0.447. The van der Waals surface area contributed by atoms with Gasteiger partial charge < -0.3 is 4.74 Å². The molecule has 0 spiro atoms. The van der Waals surface area contributed by atoms with Crippen LogP contribution in [0.2, 0.25) is 0 Å². The van der Waals surface area contributed by atoms with Crippen molar-refractivity contribution in [1.29, 1.82) is 0 Å². The maximum absolute atomic E-state index is 11.4. The second kappa shape index (κ2) is 5.15. The molecule has 0 aliphatic rings. The summed E-state index contributed by atoms with van der Waals surface area (Å²) in [6.45, 7) is 0. The highest BCUT2D eigenvalue weighted by Crippen LogP contribution is 2.20. The number of pyridine rings is 1. The van der Waals surface area contributed by atoms with Crippen LogP contribution in [0, 0.1) is 12.3 Å². The van der Waals surface area contributed by atoms with E-state index in [-0.39, 0.29) is 5.69 Å². The van der Waals surface area contributed by atoms with Gasteiger partial charge in [-0.05, 0) is 35.4 Å². The quantitative estimate of drug-likeness (QED) is 0.595. The molecule has 18 heavy (non-hydrogen) atoms. The topological polar surface area (TPSA) is 39.2 Å². The molecule has 2 rings (SSSR count). The van der Waals surface area contributed by atoms with Gasteiger partial charge in [0.05, 0.1) is 7.11 Å². The number of nitrogens with zero attached hydrogens (tertiary/aromatic N) is 1. The van der Waals surface area contributed by atoms with E-state index in [4.69, 9.17) is 6.42 Å². The van der Waals surface area contributed by atoms with Crippen molar-refractivity contribution in [3.05, 3.63) is 53.9 Å². The zero-order valence-electron chi connectivity index (χ0n) is 9.88. The Labute approximate surface area is 105 Å². The molecule has 0 saturated heterocycles. The van der Waals surface area contributed by atoms with Gasteiger partial charge in [0.1, 0.15) is 5.69 Å². The first-order chi connectivity index (χ1) is 8.74. The van der Waals surface area contributed by atoms with Crippen molar-refractivity contribution in [3.63, 3.8) is 0 Å². The maximum Gasteiger partial charge on any atom is 0.356 e. The van der Waals surface area contributed by atoms with Crippen molar-refractivity contribution in [3.8, 4) is 23.5 Å². The summed E-state index contributed by atoms with van der Waals surface area (Å²) >= 11 is 0. The lowest BCUT2D eigenvalue weighted by atomic mass is 10.0. The molecule has 3 heteroatoms. The number of aromatic nitrogens is 1. The minimum absolute atomic E-state index is 0.288. The molecule has 0 unspecified atom stereocenters. The van der Waals surface area contributed by atoms with Gasteiger partial charge in [-0.25, -0.2) is 9.78 Å². The Morgan fingerprint density at radius 2 is 1.94 bits per heavy atom. The van der Waals surface area contributed by atoms with Crippen molar-refractivity contribution >= 4 is 5.97 Å². The zero-order valence-corrected chi connectivity index (χ0v) is 9.88. The van der Waals surface area contributed by atoms with Crippen LogP contribution in [0.1, 0.15) is 16.1 Å². The number of carbonyl (C=O) groups excluding carboxylic acids is 1. The lowest BCUT2D eigenvalue weighted by Gasteiger charge is -2.04. The predicted octanol–water partition coefficient (Wildman–Crippen LogP) is 2.52. The van der Waals surface area contributed by atoms with E-state index in [0.717, 1.165) is 16.7 Å². The lowest BCUT2D eigenvalue weighted by Crippen LogP contribution is -2.03. The number of hydrogen-bond acceptors (Lipinski definition) is 3. The number of benzene rings is 1. The summed E-state index contributed by atoms with van der Waals surface area (Å²) in [5.41, 5.74) is 2.98. The van der Waals surface area contributed by atoms with Crippen LogP contribution in [0.5, 0.6) is 0 Å². The van der Waals surface area contributed by atoms with E-state index in [9.17, 15) is 4.79 Å². The van der Waals surface area contributed by atoms with E-state index in [1.807, 2.05) is 30.3 Å². The molecule has 0 atom stereocenters. The molecule has 0 saturated carbocycles. The number of esters is 1. The average molecular weight is 237 g/mol. The fourth-order valence-corrected chi connectivity index (χ4v) is 1.59. The number of terminal acetylenes is 1. The average Bonchev–Trinajstić information content (AvgIpc) is 2.46. The van der Waals surface area contributed by atoms with Crippen molar-refractivity contribution in [2.24, 2.45) is 0 Å². The standard InChI is InChI=1S/C15H11NO2/c1-3-11-4-6-12(7-5-11)13-8-9-16-14(10-13)15(17)18-2/h1,4-10H,2H3. The van der Waals surface area contributed by atoms with Crippen LogP contribution in [-0.2, 0) is 4.74 Å². The van der Waals surface area contributed by atoms with Gasteiger partial charge >= 0.3 is 5.97 Å². The second-order valence-electron chi connectivity index (χ2n) is 3.64. The Bertz CT molecular complexity index is 609. The van der Waals surface area contributed by atoms with Gasteiger partial charge in [0.2, 0.25) is 0 Å². The molecule has 0 amide bonds. The molecule has 0 radical (unpaired) electrons. The Morgan fingerprint density at radius 3 is 2.56 bits per heavy atom. The second-order valence-corrected chi connectivity index (χ2v) is 3.64. The Balaban J connectivity index is 2.38. The molecule has 1 heterocycles. The summed E-state index contributed by atoms with van der Waals surface area (Å²) in [6.07, 6.45) is 6.88. The third kappa shape index (κ3) is 2.38. The fourth-order valence-electron chi connectivity index (χ4n) is 1.59. The minimum Gasteiger partial charge on any atom is -0.464 e. The normalized spacial score (nSPS) is 9.56. The van der Waals surface area contributed by atoms with Crippen molar-refractivity contribution in [1.82, 2.24) is 4.98 Å². The van der Waals surface area contributed by atoms with Gasteiger partial charge in [0, 0.05) is 11.8 Å². The Hall–Kier alpha value is -2.60. The zero-order chi connectivity index (χ0) is 13.0. The van der Waals surface area contributed by atoms with Gasteiger partial charge in [-0.2, -0.15) is 0 Å². The van der Waals surface area contributed by atoms with E-state index < -0.39 is 5.97 Å². The summed E-state index contributed by atoms with van der Waals surface area (Å²) < 4.78 is 4.64. The van der Waals surface area contributed by atoms with Crippen LogP contribution in [0.25, 0.3) is 11.1 Å². The first-order valence-corrected chi connectivity index (χ1v) is 5.36. The van der Waals surface area contributed by atoms with Gasteiger partial charge in [-0.15, -0.1) is 6.42 Å². The molecule has 0 aliphatic carbocycles. The number of methoxy groups -OCH3 is 1. The highest BCUT2D eigenvalue weighted by molar-refractivity contribution is 5.88. The third-order valence-corrected chi connectivity index (χ3v) is 2.54. The monoisotopic (exact) mass is 237 g/mol. The Morgan fingerprint density at radius 1 is 1.22 bits per heavy atom. The molecule has 0 aliphatic heterocycles. The first-order valence-electron chi connectivity index (χ1n) is 5.36.